The fraction of sp³-hybridized carbons (Fsp3) is 0.429. The van der Waals surface area contributed by atoms with Crippen molar-refractivity contribution in [1.29, 1.82) is 0 Å². The van der Waals surface area contributed by atoms with Crippen LogP contribution in [0.4, 0.5) is 0 Å². The monoisotopic (exact) mass is 352 g/mol. The molecule has 0 bridgehead atoms. The van der Waals surface area contributed by atoms with Gasteiger partial charge < -0.3 is 15.2 Å². The molecule has 1 aromatic carbocycles. The Bertz CT molecular complexity index is 772. The van der Waals surface area contributed by atoms with Crippen LogP contribution in [-0.2, 0) is 17.6 Å². The van der Waals surface area contributed by atoms with E-state index in [1.54, 1.807) is 12.4 Å². The lowest BCUT2D eigenvalue weighted by molar-refractivity contribution is -0.123. The number of aryl methyl sites for hydroxylation is 1. The highest BCUT2D eigenvalue weighted by Gasteiger charge is 2.36. The van der Waals surface area contributed by atoms with Crippen LogP contribution >= 0.6 is 0 Å². The zero-order chi connectivity index (χ0) is 17.9. The van der Waals surface area contributed by atoms with Crippen molar-refractivity contribution in [2.75, 3.05) is 6.61 Å². The van der Waals surface area contributed by atoms with Crippen LogP contribution < -0.4 is 10.1 Å². The van der Waals surface area contributed by atoms with Crippen LogP contribution in [0.1, 0.15) is 42.0 Å². The second-order valence-corrected chi connectivity index (χ2v) is 7.25. The Morgan fingerprint density at radius 3 is 2.85 bits per heavy atom. The number of fused-ring (bicyclic) bond motifs is 1. The van der Waals surface area contributed by atoms with Crippen LogP contribution in [0.5, 0.6) is 5.75 Å². The molecule has 2 heterocycles. The maximum atomic E-state index is 12.5. The number of carbonyl (C=O) groups is 1. The van der Waals surface area contributed by atoms with E-state index in [1.165, 1.54) is 5.56 Å². The SMILES string of the molecule is O=C(CCc1ccncc1)N[C@@H](c1ccc2c(c1)CCO2)C1CC(O)C1. The predicted octanol–water partition coefficient (Wildman–Crippen LogP) is 2.58. The molecule has 136 valence electrons. The Morgan fingerprint density at radius 2 is 2.08 bits per heavy atom. The van der Waals surface area contributed by atoms with Gasteiger partial charge in [0.1, 0.15) is 5.75 Å². The summed E-state index contributed by atoms with van der Waals surface area (Å²) in [5, 5.41) is 12.9. The number of aliphatic hydroxyl groups excluding tert-OH is 1. The predicted molar refractivity (Wildman–Crippen MR) is 97.8 cm³/mol. The zero-order valence-electron chi connectivity index (χ0n) is 14.7. The third kappa shape index (κ3) is 3.73. The van der Waals surface area contributed by atoms with Gasteiger partial charge in [-0.25, -0.2) is 0 Å². The fourth-order valence-corrected chi connectivity index (χ4v) is 3.83. The van der Waals surface area contributed by atoms with Crippen molar-refractivity contribution < 1.29 is 14.6 Å². The number of amides is 1. The lowest BCUT2D eigenvalue weighted by Crippen LogP contribution is -2.41. The molecule has 2 aliphatic rings. The van der Waals surface area contributed by atoms with Crippen molar-refractivity contribution >= 4 is 5.91 Å². The Labute approximate surface area is 153 Å². The molecule has 0 unspecified atom stereocenters. The van der Waals surface area contributed by atoms with Gasteiger partial charge in [0.2, 0.25) is 5.91 Å². The number of nitrogens with one attached hydrogen (secondary N) is 1. The maximum Gasteiger partial charge on any atom is 0.220 e. The molecule has 1 saturated carbocycles. The van der Waals surface area contributed by atoms with E-state index in [0.29, 0.717) is 12.8 Å². The van der Waals surface area contributed by atoms with Gasteiger partial charge in [0, 0.05) is 25.2 Å². The molecule has 26 heavy (non-hydrogen) atoms. The number of hydrogen-bond donors (Lipinski definition) is 2. The van der Waals surface area contributed by atoms with Gasteiger partial charge in [-0.1, -0.05) is 6.07 Å². The Morgan fingerprint density at radius 1 is 1.27 bits per heavy atom. The van der Waals surface area contributed by atoms with E-state index in [9.17, 15) is 9.90 Å². The van der Waals surface area contributed by atoms with E-state index in [-0.39, 0.29) is 24.0 Å². The number of benzene rings is 1. The van der Waals surface area contributed by atoms with Gasteiger partial charge >= 0.3 is 0 Å². The molecule has 5 nitrogen and oxygen atoms in total. The average Bonchev–Trinajstić information content (AvgIpc) is 3.11. The number of aromatic nitrogens is 1. The lowest BCUT2D eigenvalue weighted by Gasteiger charge is -2.38. The lowest BCUT2D eigenvalue weighted by atomic mass is 9.74. The summed E-state index contributed by atoms with van der Waals surface area (Å²) >= 11 is 0. The number of ether oxygens (including phenoxy) is 1. The number of hydrogen-bond acceptors (Lipinski definition) is 4. The first kappa shape index (κ1) is 17.0. The minimum absolute atomic E-state index is 0.0463. The quantitative estimate of drug-likeness (QED) is 0.838. The van der Waals surface area contributed by atoms with Crippen molar-refractivity contribution in [3.63, 3.8) is 0 Å². The molecule has 2 aromatic rings. The number of pyridine rings is 1. The largest absolute Gasteiger partial charge is 0.493 e. The Balaban J connectivity index is 1.44. The second kappa shape index (κ2) is 7.46. The summed E-state index contributed by atoms with van der Waals surface area (Å²) in [6.45, 7) is 0.726. The van der Waals surface area contributed by atoms with Crippen LogP contribution in [-0.4, -0.2) is 28.7 Å². The normalized spacial score (nSPS) is 22.0. The number of aliphatic hydroxyl groups is 1. The van der Waals surface area contributed by atoms with Crippen molar-refractivity contribution in [1.82, 2.24) is 10.3 Å². The highest BCUT2D eigenvalue weighted by Crippen LogP contribution is 2.39. The summed E-state index contributed by atoms with van der Waals surface area (Å²) in [5.74, 6) is 1.28. The molecule has 1 amide bonds. The third-order valence-corrected chi connectivity index (χ3v) is 5.40. The Hall–Kier alpha value is -2.40. The summed E-state index contributed by atoms with van der Waals surface area (Å²) in [5.41, 5.74) is 3.43. The van der Waals surface area contributed by atoms with Crippen LogP contribution in [0.2, 0.25) is 0 Å². The zero-order valence-corrected chi connectivity index (χ0v) is 14.7. The van der Waals surface area contributed by atoms with E-state index in [0.717, 1.165) is 42.7 Å². The summed E-state index contributed by atoms with van der Waals surface area (Å²) < 4.78 is 5.59. The highest BCUT2D eigenvalue weighted by molar-refractivity contribution is 5.76. The first-order chi connectivity index (χ1) is 12.7. The fourth-order valence-electron chi connectivity index (χ4n) is 3.83. The van der Waals surface area contributed by atoms with Crippen molar-refractivity contribution in [3.8, 4) is 5.75 Å². The van der Waals surface area contributed by atoms with Crippen molar-refractivity contribution in [2.45, 2.75) is 44.2 Å². The van der Waals surface area contributed by atoms with Crippen molar-refractivity contribution in [2.24, 2.45) is 5.92 Å². The summed E-state index contributed by atoms with van der Waals surface area (Å²) in [6.07, 6.45) is 6.80. The molecule has 1 aliphatic carbocycles. The third-order valence-electron chi connectivity index (χ3n) is 5.40. The molecule has 1 aliphatic heterocycles. The standard InChI is InChI=1S/C21H24N2O3/c24-18-12-17(13-18)21(16-2-3-19-15(11-16)7-10-26-19)23-20(25)4-1-14-5-8-22-9-6-14/h2-3,5-6,8-9,11,17-18,21,24H,1,4,7,10,12-13H2,(H,23,25)/t17?,18?,21-/m0/s1. The minimum Gasteiger partial charge on any atom is -0.493 e. The number of rotatable bonds is 6. The van der Waals surface area contributed by atoms with Gasteiger partial charge in [-0.05, 0) is 66.1 Å². The second-order valence-electron chi connectivity index (χ2n) is 7.25. The van der Waals surface area contributed by atoms with E-state index in [1.807, 2.05) is 24.3 Å². The van der Waals surface area contributed by atoms with Gasteiger partial charge in [-0.2, -0.15) is 0 Å². The first-order valence-corrected chi connectivity index (χ1v) is 9.31. The summed E-state index contributed by atoms with van der Waals surface area (Å²) in [6, 6.07) is 10.0. The molecule has 0 radical (unpaired) electrons. The van der Waals surface area contributed by atoms with E-state index < -0.39 is 0 Å². The highest BCUT2D eigenvalue weighted by atomic mass is 16.5. The molecule has 1 atom stereocenters. The molecule has 0 spiro atoms. The van der Waals surface area contributed by atoms with Gasteiger partial charge in [-0.3, -0.25) is 9.78 Å². The van der Waals surface area contributed by atoms with E-state index in [4.69, 9.17) is 4.74 Å². The molecular formula is C21H24N2O3. The molecule has 1 aromatic heterocycles. The van der Waals surface area contributed by atoms with E-state index >= 15 is 0 Å². The molecule has 4 rings (SSSR count). The number of carbonyl (C=O) groups excluding carboxylic acids is 1. The van der Waals surface area contributed by atoms with Gasteiger partial charge in [0.15, 0.2) is 0 Å². The molecule has 2 N–H and O–H groups in total. The topological polar surface area (TPSA) is 71.5 Å². The first-order valence-electron chi connectivity index (χ1n) is 9.31. The van der Waals surface area contributed by atoms with Crippen LogP contribution in [0, 0.1) is 5.92 Å². The summed E-state index contributed by atoms with van der Waals surface area (Å²) in [7, 11) is 0. The Kier molecular flexibility index (Phi) is 4.89. The maximum absolute atomic E-state index is 12.5. The summed E-state index contributed by atoms with van der Waals surface area (Å²) in [4.78, 5) is 16.5. The molecule has 1 fully saturated rings. The van der Waals surface area contributed by atoms with Gasteiger partial charge in [-0.15, -0.1) is 0 Å². The van der Waals surface area contributed by atoms with Crippen LogP contribution in [0.25, 0.3) is 0 Å². The van der Waals surface area contributed by atoms with Crippen molar-refractivity contribution in [3.05, 3.63) is 59.4 Å². The average molecular weight is 352 g/mol. The smallest absolute Gasteiger partial charge is 0.220 e. The van der Waals surface area contributed by atoms with Crippen LogP contribution in [0.15, 0.2) is 42.7 Å². The molecular weight excluding hydrogens is 328 g/mol. The van der Waals surface area contributed by atoms with Crippen LogP contribution in [0.3, 0.4) is 0 Å². The van der Waals surface area contributed by atoms with E-state index in [2.05, 4.69) is 16.4 Å². The minimum atomic E-state index is -0.242. The number of nitrogens with zero attached hydrogens (tertiary/aromatic N) is 1. The molecule has 5 heteroatoms. The van der Waals surface area contributed by atoms with Gasteiger partial charge in [0.05, 0.1) is 18.8 Å². The van der Waals surface area contributed by atoms with Gasteiger partial charge in [0.25, 0.3) is 0 Å². The molecule has 0 saturated heterocycles.